The molecule has 4 heteroatoms. The number of nitrogens with zero attached hydrogens (tertiary/aromatic N) is 1. The summed E-state index contributed by atoms with van der Waals surface area (Å²) in [5.41, 5.74) is 5.81. The maximum Gasteiger partial charge on any atom is 0.252 e. The first kappa shape index (κ1) is 13.8. The molecule has 2 aliphatic heterocycles. The van der Waals surface area contributed by atoms with Crippen molar-refractivity contribution < 1.29 is 9.53 Å². The minimum absolute atomic E-state index is 0.174. The Balaban J connectivity index is 1.95. The number of hydrogen-bond acceptors (Lipinski definition) is 3. The zero-order valence-electron chi connectivity index (χ0n) is 11.6. The molecule has 2 heterocycles. The van der Waals surface area contributed by atoms with Crippen LogP contribution in [0.1, 0.15) is 46.0 Å². The van der Waals surface area contributed by atoms with Gasteiger partial charge in [-0.15, -0.1) is 0 Å². The Morgan fingerprint density at radius 3 is 2.78 bits per heavy atom. The molecule has 18 heavy (non-hydrogen) atoms. The van der Waals surface area contributed by atoms with Crippen molar-refractivity contribution in [1.82, 2.24) is 4.90 Å². The quantitative estimate of drug-likeness (QED) is 0.831. The summed E-state index contributed by atoms with van der Waals surface area (Å²) in [5.74, 6) is 0.851. The first-order chi connectivity index (χ1) is 8.65. The minimum atomic E-state index is -0.211. The fourth-order valence-corrected chi connectivity index (χ4v) is 3.14. The summed E-state index contributed by atoms with van der Waals surface area (Å²) < 4.78 is 5.81. The average Bonchev–Trinajstić information content (AvgIpc) is 2.86. The van der Waals surface area contributed by atoms with E-state index >= 15 is 0 Å². The van der Waals surface area contributed by atoms with Crippen LogP contribution in [0.2, 0.25) is 0 Å². The zero-order valence-corrected chi connectivity index (χ0v) is 11.6. The molecule has 4 atom stereocenters. The highest BCUT2D eigenvalue weighted by molar-refractivity contribution is 5.81. The van der Waals surface area contributed by atoms with Gasteiger partial charge in [0, 0.05) is 19.1 Å². The van der Waals surface area contributed by atoms with Gasteiger partial charge in [-0.25, -0.2) is 0 Å². The molecule has 0 radical (unpaired) electrons. The van der Waals surface area contributed by atoms with E-state index in [2.05, 4.69) is 13.8 Å². The second-order valence-corrected chi connectivity index (χ2v) is 5.78. The molecule has 0 saturated carbocycles. The number of nitrogens with two attached hydrogens (primary N) is 1. The molecule has 4 unspecified atom stereocenters. The molecule has 0 aromatic heterocycles. The number of carbonyl (C=O) groups excluding carboxylic acids is 1. The summed E-state index contributed by atoms with van der Waals surface area (Å²) in [6, 6.07) is 0.213. The van der Waals surface area contributed by atoms with Gasteiger partial charge in [0.25, 0.3) is 5.91 Å². The maximum absolute atomic E-state index is 12.5. The highest BCUT2D eigenvalue weighted by Gasteiger charge is 2.37. The number of hydrogen-bond donors (Lipinski definition) is 1. The standard InChI is InChI=1S/C14H26N2O2/c1-3-12-4-5-13(18-12)14(17)16-7-6-10(2)8-11(16)9-15/h10-13H,3-9,15H2,1-2H3. The normalized spacial score (nSPS) is 36.9. The van der Waals surface area contributed by atoms with Gasteiger partial charge in [0.05, 0.1) is 6.10 Å². The highest BCUT2D eigenvalue weighted by atomic mass is 16.5. The lowest BCUT2D eigenvalue weighted by Crippen LogP contribution is -2.52. The van der Waals surface area contributed by atoms with Gasteiger partial charge in [-0.2, -0.15) is 0 Å². The largest absolute Gasteiger partial charge is 0.365 e. The number of carbonyl (C=O) groups is 1. The van der Waals surface area contributed by atoms with E-state index in [1.165, 1.54) is 0 Å². The molecule has 2 rings (SSSR count). The van der Waals surface area contributed by atoms with E-state index in [0.717, 1.165) is 38.6 Å². The summed E-state index contributed by atoms with van der Waals surface area (Å²) >= 11 is 0. The summed E-state index contributed by atoms with van der Waals surface area (Å²) in [5, 5.41) is 0. The third-order valence-corrected chi connectivity index (χ3v) is 4.37. The fraction of sp³-hybridized carbons (Fsp3) is 0.929. The third kappa shape index (κ3) is 2.86. The maximum atomic E-state index is 12.5. The molecular formula is C14H26N2O2. The highest BCUT2D eigenvalue weighted by Crippen LogP contribution is 2.27. The van der Waals surface area contributed by atoms with Crippen molar-refractivity contribution in [3.05, 3.63) is 0 Å². The minimum Gasteiger partial charge on any atom is -0.365 e. The van der Waals surface area contributed by atoms with E-state index in [0.29, 0.717) is 12.5 Å². The molecule has 0 aromatic rings. The molecule has 0 aromatic carbocycles. The molecule has 4 nitrogen and oxygen atoms in total. The molecule has 2 saturated heterocycles. The lowest BCUT2D eigenvalue weighted by Gasteiger charge is -2.39. The summed E-state index contributed by atoms with van der Waals surface area (Å²) in [7, 11) is 0. The van der Waals surface area contributed by atoms with Crippen molar-refractivity contribution in [3.8, 4) is 0 Å². The Morgan fingerprint density at radius 2 is 2.17 bits per heavy atom. The van der Waals surface area contributed by atoms with Gasteiger partial charge in [0.2, 0.25) is 0 Å². The van der Waals surface area contributed by atoms with Crippen molar-refractivity contribution in [3.63, 3.8) is 0 Å². The Hall–Kier alpha value is -0.610. The molecule has 0 bridgehead atoms. The Kier molecular flexibility index (Phi) is 4.62. The monoisotopic (exact) mass is 254 g/mol. The van der Waals surface area contributed by atoms with Crippen molar-refractivity contribution in [2.45, 2.75) is 64.2 Å². The predicted octanol–water partition coefficient (Wildman–Crippen LogP) is 1.53. The van der Waals surface area contributed by atoms with Gasteiger partial charge in [-0.05, 0) is 38.0 Å². The van der Waals surface area contributed by atoms with Gasteiger partial charge in [0.15, 0.2) is 0 Å². The molecule has 2 aliphatic rings. The van der Waals surface area contributed by atoms with Crippen molar-refractivity contribution in [2.75, 3.05) is 13.1 Å². The van der Waals surface area contributed by atoms with E-state index in [4.69, 9.17) is 10.5 Å². The second kappa shape index (κ2) is 6.02. The smallest absolute Gasteiger partial charge is 0.252 e. The van der Waals surface area contributed by atoms with Crippen LogP contribution in [-0.4, -0.2) is 42.1 Å². The molecule has 104 valence electrons. The van der Waals surface area contributed by atoms with Crippen molar-refractivity contribution in [1.29, 1.82) is 0 Å². The van der Waals surface area contributed by atoms with E-state index in [-0.39, 0.29) is 24.2 Å². The topological polar surface area (TPSA) is 55.6 Å². The molecular weight excluding hydrogens is 228 g/mol. The van der Waals surface area contributed by atoms with Gasteiger partial charge in [-0.1, -0.05) is 13.8 Å². The molecule has 0 spiro atoms. The fourth-order valence-electron chi connectivity index (χ4n) is 3.14. The molecule has 1 amide bonds. The number of rotatable bonds is 3. The van der Waals surface area contributed by atoms with Crippen LogP contribution in [0, 0.1) is 5.92 Å². The Labute approximate surface area is 110 Å². The molecule has 2 N–H and O–H groups in total. The van der Waals surface area contributed by atoms with Gasteiger partial charge in [0.1, 0.15) is 6.10 Å². The summed E-state index contributed by atoms with van der Waals surface area (Å²) in [6.45, 7) is 5.77. The third-order valence-electron chi connectivity index (χ3n) is 4.37. The second-order valence-electron chi connectivity index (χ2n) is 5.78. The summed E-state index contributed by atoms with van der Waals surface area (Å²) in [4.78, 5) is 14.5. The first-order valence-corrected chi connectivity index (χ1v) is 7.31. The Bertz CT molecular complexity index is 296. The van der Waals surface area contributed by atoms with E-state index in [1.807, 2.05) is 4.90 Å². The predicted molar refractivity (Wildman–Crippen MR) is 71.1 cm³/mol. The van der Waals surface area contributed by atoms with Crippen LogP contribution in [0.4, 0.5) is 0 Å². The van der Waals surface area contributed by atoms with Crippen LogP contribution in [0.3, 0.4) is 0 Å². The van der Waals surface area contributed by atoms with E-state index < -0.39 is 0 Å². The number of amides is 1. The lowest BCUT2D eigenvalue weighted by atomic mass is 9.92. The van der Waals surface area contributed by atoms with Crippen molar-refractivity contribution >= 4 is 5.91 Å². The van der Waals surface area contributed by atoms with Crippen LogP contribution >= 0.6 is 0 Å². The number of piperidine rings is 1. The lowest BCUT2D eigenvalue weighted by molar-refractivity contribution is -0.147. The molecule has 0 aliphatic carbocycles. The Morgan fingerprint density at radius 1 is 1.39 bits per heavy atom. The number of likely N-dealkylation sites (tertiary alicyclic amines) is 1. The van der Waals surface area contributed by atoms with E-state index in [9.17, 15) is 4.79 Å². The average molecular weight is 254 g/mol. The molecule has 2 fully saturated rings. The number of ether oxygens (including phenoxy) is 1. The van der Waals surface area contributed by atoms with E-state index in [1.54, 1.807) is 0 Å². The van der Waals surface area contributed by atoms with Crippen LogP contribution in [0.5, 0.6) is 0 Å². The zero-order chi connectivity index (χ0) is 13.1. The van der Waals surface area contributed by atoms with Gasteiger partial charge >= 0.3 is 0 Å². The van der Waals surface area contributed by atoms with Gasteiger partial charge in [-0.3, -0.25) is 4.79 Å². The van der Waals surface area contributed by atoms with Crippen LogP contribution in [-0.2, 0) is 9.53 Å². The van der Waals surface area contributed by atoms with Crippen LogP contribution in [0.15, 0.2) is 0 Å². The van der Waals surface area contributed by atoms with Gasteiger partial charge < -0.3 is 15.4 Å². The first-order valence-electron chi connectivity index (χ1n) is 7.31. The van der Waals surface area contributed by atoms with Crippen LogP contribution in [0.25, 0.3) is 0 Å². The SMILES string of the molecule is CCC1CCC(C(=O)N2CCC(C)CC2CN)O1. The summed E-state index contributed by atoms with van der Waals surface area (Å²) in [6.07, 6.45) is 5.08. The van der Waals surface area contributed by atoms with Crippen molar-refractivity contribution in [2.24, 2.45) is 11.7 Å². The van der Waals surface area contributed by atoms with Crippen LogP contribution < -0.4 is 5.73 Å².